The van der Waals surface area contributed by atoms with Gasteiger partial charge < -0.3 is 4.90 Å². The SMILES string of the molecule is CC(=O)N(C)C.[PbH2]. The fourth-order valence-electron chi connectivity index (χ4n) is 0. The number of hydrogen-bond donors (Lipinski definition) is 0. The van der Waals surface area contributed by atoms with Crippen molar-refractivity contribution in [2.24, 2.45) is 0 Å². The Labute approximate surface area is 64.0 Å². The van der Waals surface area contributed by atoms with Crippen LogP contribution >= 0.6 is 0 Å². The minimum atomic E-state index is 0. The standard InChI is InChI=1S/C4H9NO.Pb.2H/c1-4(6)5(2)3;;;/h1-3H3;;;. The third kappa shape index (κ3) is 6.39. The van der Waals surface area contributed by atoms with Gasteiger partial charge in [-0.15, -0.1) is 0 Å². The maximum absolute atomic E-state index is 10.1. The fraction of sp³-hybridized carbons (Fsp3) is 0.750. The zero-order chi connectivity index (χ0) is 5.15. The summed E-state index contributed by atoms with van der Waals surface area (Å²) in [6.45, 7) is 1.53. The molecule has 0 saturated heterocycles. The molecule has 0 aliphatic carbocycles. The van der Waals surface area contributed by atoms with Gasteiger partial charge in [-0.2, -0.15) is 0 Å². The third-order valence-corrected chi connectivity index (χ3v) is 0.630. The zero-order valence-electron chi connectivity index (χ0n) is 5.06. The van der Waals surface area contributed by atoms with Crippen LogP contribution in [0.4, 0.5) is 0 Å². The van der Waals surface area contributed by atoms with Gasteiger partial charge in [-0.1, -0.05) is 0 Å². The first kappa shape index (κ1) is 10.4. The zero-order valence-corrected chi connectivity index (χ0v) is 10.6. The van der Waals surface area contributed by atoms with Crippen molar-refractivity contribution in [3.05, 3.63) is 0 Å². The van der Waals surface area contributed by atoms with E-state index in [1.807, 2.05) is 0 Å². The van der Waals surface area contributed by atoms with Crippen molar-refractivity contribution in [2.45, 2.75) is 6.92 Å². The van der Waals surface area contributed by atoms with Gasteiger partial charge in [0.2, 0.25) is 5.91 Å². The number of amides is 1. The van der Waals surface area contributed by atoms with Crippen molar-refractivity contribution in [1.82, 2.24) is 4.90 Å². The van der Waals surface area contributed by atoms with Crippen LogP contribution in [0, 0.1) is 0 Å². The van der Waals surface area contributed by atoms with Crippen LogP contribution in [0.1, 0.15) is 6.92 Å². The summed E-state index contributed by atoms with van der Waals surface area (Å²) in [5.41, 5.74) is 0. The van der Waals surface area contributed by atoms with Crippen molar-refractivity contribution >= 4 is 33.2 Å². The Balaban J connectivity index is 0. The second-order valence-electron chi connectivity index (χ2n) is 1.41. The third-order valence-electron chi connectivity index (χ3n) is 0.630. The van der Waals surface area contributed by atoms with Gasteiger partial charge >= 0.3 is 27.3 Å². The van der Waals surface area contributed by atoms with Gasteiger partial charge in [-0.25, -0.2) is 0 Å². The molecule has 42 valence electrons. The molecule has 0 saturated carbocycles. The molecule has 0 aliphatic rings. The van der Waals surface area contributed by atoms with E-state index in [1.54, 1.807) is 14.1 Å². The summed E-state index contributed by atoms with van der Waals surface area (Å²) >= 11 is 0. The second-order valence-corrected chi connectivity index (χ2v) is 1.41. The Morgan fingerprint density at radius 3 is 1.57 bits per heavy atom. The number of rotatable bonds is 0. The number of carbonyl (C=O) groups is 1. The van der Waals surface area contributed by atoms with Crippen LogP contribution in [0.2, 0.25) is 0 Å². The van der Waals surface area contributed by atoms with Crippen molar-refractivity contribution in [3.63, 3.8) is 0 Å². The summed E-state index contributed by atoms with van der Waals surface area (Å²) in [5, 5.41) is 0. The van der Waals surface area contributed by atoms with Crippen molar-refractivity contribution in [3.8, 4) is 0 Å². The summed E-state index contributed by atoms with van der Waals surface area (Å²) in [6, 6.07) is 0. The molecular formula is C4H11NOPb. The van der Waals surface area contributed by atoms with Crippen molar-refractivity contribution in [2.75, 3.05) is 14.1 Å². The first-order chi connectivity index (χ1) is 2.64. The Hall–Kier alpha value is 0.392. The molecule has 7 heavy (non-hydrogen) atoms. The number of nitrogens with zero attached hydrogens (tertiary/aromatic N) is 1. The van der Waals surface area contributed by atoms with E-state index in [1.165, 1.54) is 11.8 Å². The molecule has 0 fully saturated rings. The minimum absolute atomic E-state index is 0. The Kier molecular flexibility index (Phi) is 6.75. The molecule has 0 spiro atoms. The molecule has 0 heterocycles. The van der Waals surface area contributed by atoms with Gasteiger partial charge in [-0.05, 0) is 0 Å². The molecule has 0 aromatic carbocycles. The van der Waals surface area contributed by atoms with Crippen LogP contribution in [0.15, 0.2) is 0 Å². The van der Waals surface area contributed by atoms with E-state index in [2.05, 4.69) is 0 Å². The molecule has 2 nitrogen and oxygen atoms in total. The van der Waals surface area contributed by atoms with E-state index in [-0.39, 0.29) is 33.2 Å². The molecule has 0 rings (SSSR count). The van der Waals surface area contributed by atoms with E-state index in [9.17, 15) is 4.79 Å². The van der Waals surface area contributed by atoms with E-state index in [0.717, 1.165) is 0 Å². The van der Waals surface area contributed by atoms with Gasteiger partial charge in [-0.3, -0.25) is 4.79 Å². The van der Waals surface area contributed by atoms with Crippen LogP contribution < -0.4 is 0 Å². The number of hydrogen-bond acceptors (Lipinski definition) is 1. The van der Waals surface area contributed by atoms with Gasteiger partial charge in [0, 0.05) is 21.0 Å². The fourth-order valence-corrected chi connectivity index (χ4v) is 0. The molecule has 0 aliphatic heterocycles. The normalized spacial score (nSPS) is 6.71. The summed E-state index contributed by atoms with van der Waals surface area (Å²) in [5.74, 6) is 0.0926. The molecule has 0 N–H and O–H groups in total. The monoisotopic (exact) mass is 297 g/mol. The number of carbonyl (C=O) groups excluding carboxylic acids is 1. The van der Waals surface area contributed by atoms with Crippen LogP contribution in [0.5, 0.6) is 0 Å². The molecule has 3 heteroatoms. The van der Waals surface area contributed by atoms with Gasteiger partial charge in [0.25, 0.3) is 0 Å². The first-order valence-corrected chi connectivity index (χ1v) is 1.82. The van der Waals surface area contributed by atoms with E-state index in [0.29, 0.717) is 0 Å². The van der Waals surface area contributed by atoms with Gasteiger partial charge in [0.05, 0.1) is 0 Å². The van der Waals surface area contributed by atoms with E-state index < -0.39 is 0 Å². The molecule has 0 atom stereocenters. The topological polar surface area (TPSA) is 20.3 Å². The maximum atomic E-state index is 10.1. The Morgan fingerprint density at radius 2 is 1.57 bits per heavy atom. The summed E-state index contributed by atoms with van der Waals surface area (Å²) in [4.78, 5) is 11.6. The van der Waals surface area contributed by atoms with E-state index in [4.69, 9.17) is 0 Å². The summed E-state index contributed by atoms with van der Waals surface area (Å²) in [6.07, 6.45) is 0. The van der Waals surface area contributed by atoms with Crippen LogP contribution in [-0.2, 0) is 4.79 Å². The average Bonchev–Trinajstić information content (AvgIpc) is 1.36. The predicted octanol–water partition coefficient (Wildman–Crippen LogP) is -0.822. The van der Waals surface area contributed by atoms with Gasteiger partial charge in [0.15, 0.2) is 0 Å². The quantitative estimate of drug-likeness (QED) is 0.535. The molecule has 0 aromatic rings. The van der Waals surface area contributed by atoms with Gasteiger partial charge in [0.1, 0.15) is 0 Å². The molecule has 2 radical (unpaired) electrons. The van der Waals surface area contributed by atoms with Crippen molar-refractivity contribution < 1.29 is 4.79 Å². The van der Waals surface area contributed by atoms with Crippen LogP contribution in [0.25, 0.3) is 0 Å². The molecule has 0 bridgehead atoms. The Bertz CT molecular complexity index is 62.7. The molecule has 0 aromatic heterocycles. The molecule has 0 unspecified atom stereocenters. The summed E-state index contributed by atoms with van der Waals surface area (Å²) < 4.78 is 0. The van der Waals surface area contributed by atoms with Crippen LogP contribution in [-0.4, -0.2) is 52.2 Å². The molecular weight excluding hydrogens is 285 g/mol. The predicted molar refractivity (Wildman–Crippen MR) is 32.9 cm³/mol. The molecule has 1 amide bonds. The van der Waals surface area contributed by atoms with Crippen molar-refractivity contribution in [1.29, 1.82) is 0 Å². The summed E-state index contributed by atoms with van der Waals surface area (Å²) in [7, 11) is 3.45. The van der Waals surface area contributed by atoms with E-state index >= 15 is 0 Å². The average molecular weight is 296 g/mol. The Morgan fingerprint density at radius 1 is 1.43 bits per heavy atom. The second kappa shape index (κ2) is 4.55. The van der Waals surface area contributed by atoms with Crippen LogP contribution in [0.3, 0.4) is 0 Å². The first-order valence-electron chi connectivity index (χ1n) is 1.82.